The Hall–Kier alpha value is -2.27. The number of ether oxygens (including phenoxy) is 2. The number of rotatable bonds is 5. The molecule has 1 atom stereocenters. The van der Waals surface area contributed by atoms with Crippen molar-refractivity contribution in [3.8, 4) is 5.75 Å². The summed E-state index contributed by atoms with van der Waals surface area (Å²) in [5.74, 6) is -3.18. The average Bonchev–Trinajstić information content (AvgIpc) is 2.62. The van der Waals surface area contributed by atoms with Crippen molar-refractivity contribution < 1.29 is 41.7 Å². The molecule has 1 aromatic rings. The monoisotopic (exact) mass is 458 g/mol. The zero-order valence-corrected chi connectivity index (χ0v) is 17.3. The molecule has 1 saturated heterocycles. The van der Waals surface area contributed by atoms with Gasteiger partial charge in [-0.25, -0.2) is 9.18 Å². The van der Waals surface area contributed by atoms with Crippen molar-refractivity contribution in [1.29, 1.82) is 0 Å². The van der Waals surface area contributed by atoms with Gasteiger partial charge in [0.25, 0.3) is 11.5 Å². The van der Waals surface area contributed by atoms with Gasteiger partial charge in [-0.2, -0.15) is 13.2 Å². The summed E-state index contributed by atoms with van der Waals surface area (Å²) in [6.07, 6.45) is -5.08. The van der Waals surface area contributed by atoms with Crippen LogP contribution in [-0.2, 0) is 14.3 Å². The third kappa shape index (κ3) is 8.23. The highest BCUT2D eigenvalue weighted by molar-refractivity contribution is 6.31. The summed E-state index contributed by atoms with van der Waals surface area (Å²) in [4.78, 5) is 22.5. The first-order valence-corrected chi connectivity index (χ1v) is 9.25. The Morgan fingerprint density at radius 2 is 2.00 bits per heavy atom. The second-order valence-corrected chi connectivity index (χ2v) is 7.12. The van der Waals surface area contributed by atoms with E-state index in [2.05, 4.69) is 10.2 Å². The summed E-state index contributed by atoms with van der Waals surface area (Å²) in [7, 11) is 0. The topological polar surface area (TPSA) is 88.1 Å². The first-order chi connectivity index (χ1) is 13.8. The number of hydrogen-bond acceptors (Lipinski definition) is 5. The highest BCUT2D eigenvalue weighted by Gasteiger charge is 2.38. The van der Waals surface area contributed by atoms with Crippen LogP contribution in [-0.4, -0.2) is 60.7 Å². The van der Waals surface area contributed by atoms with E-state index in [0.717, 1.165) is 18.8 Å². The van der Waals surface area contributed by atoms with Gasteiger partial charge in [0, 0.05) is 24.8 Å². The van der Waals surface area contributed by atoms with Crippen LogP contribution >= 0.6 is 11.6 Å². The fraction of sp³-hybridized carbons (Fsp3) is 0.556. The molecule has 2 rings (SSSR count). The Morgan fingerprint density at radius 3 is 2.47 bits per heavy atom. The van der Waals surface area contributed by atoms with Gasteiger partial charge in [-0.1, -0.05) is 11.6 Å². The number of amides is 1. The summed E-state index contributed by atoms with van der Waals surface area (Å²) in [5, 5.41) is 9.55. The minimum absolute atomic E-state index is 0.225. The Kier molecular flexibility index (Phi) is 9.16. The molecular formula is C18H23ClF4N2O5. The summed E-state index contributed by atoms with van der Waals surface area (Å²) >= 11 is 5.15. The lowest BCUT2D eigenvalue weighted by Crippen LogP contribution is -2.48. The van der Waals surface area contributed by atoms with Gasteiger partial charge in [-0.3, -0.25) is 4.79 Å². The molecule has 0 saturated carbocycles. The smallest absolute Gasteiger partial charge is 0.490 e. The minimum Gasteiger partial charge on any atom is -0.492 e. The number of carboxylic acids is 1. The number of nitrogens with one attached hydrogen (secondary N) is 1. The van der Waals surface area contributed by atoms with Crippen molar-refractivity contribution in [1.82, 2.24) is 0 Å². The van der Waals surface area contributed by atoms with Crippen molar-refractivity contribution in [2.75, 3.05) is 36.5 Å². The predicted octanol–water partition coefficient (Wildman–Crippen LogP) is 3.81. The second kappa shape index (κ2) is 10.7. The van der Waals surface area contributed by atoms with Crippen LogP contribution in [0.25, 0.3) is 0 Å². The lowest BCUT2D eigenvalue weighted by atomic mass is 10.1. The highest BCUT2D eigenvalue weighted by Crippen LogP contribution is 2.32. The lowest BCUT2D eigenvalue weighted by molar-refractivity contribution is -0.192. The lowest BCUT2D eigenvalue weighted by Gasteiger charge is -2.39. The zero-order valence-electron chi connectivity index (χ0n) is 16.6. The number of carbonyl (C=O) groups excluding carboxylic acids is 1. The molecule has 0 aliphatic carbocycles. The number of anilines is 2. The molecule has 1 fully saturated rings. The predicted molar refractivity (Wildman–Crippen MR) is 103 cm³/mol. The second-order valence-electron chi connectivity index (χ2n) is 6.74. The standard InChI is InChI=1S/C16H22ClFN2O3.C2HF3O2/c1-4-22-13-9-11(20-7-8-23-16(2,3)10-20)5-6-12(13)19-15(21)14(17)18;3-2(4,5)1(6)7/h5-6,9,14H,4,7-8,10H2,1-3H3,(H,19,21);(H,6,7). The van der Waals surface area contributed by atoms with Gasteiger partial charge < -0.3 is 24.8 Å². The van der Waals surface area contributed by atoms with Crippen LogP contribution in [0.2, 0.25) is 0 Å². The van der Waals surface area contributed by atoms with Crippen LogP contribution in [0.5, 0.6) is 5.75 Å². The van der Waals surface area contributed by atoms with Gasteiger partial charge in [-0.05, 0) is 32.9 Å². The maximum absolute atomic E-state index is 12.8. The number of carbonyl (C=O) groups is 2. The third-order valence-corrected chi connectivity index (χ3v) is 3.95. The van der Waals surface area contributed by atoms with Crippen LogP contribution in [0.15, 0.2) is 18.2 Å². The number of carboxylic acid groups (broad SMARTS) is 1. The number of hydrogen-bond donors (Lipinski definition) is 2. The van der Waals surface area contributed by atoms with E-state index in [1.54, 1.807) is 6.07 Å². The third-order valence-electron chi connectivity index (χ3n) is 3.75. The highest BCUT2D eigenvalue weighted by atomic mass is 35.5. The molecule has 0 radical (unpaired) electrons. The molecule has 30 heavy (non-hydrogen) atoms. The fourth-order valence-electron chi connectivity index (χ4n) is 2.51. The molecular weight excluding hydrogens is 436 g/mol. The van der Waals surface area contributed by atoms with Gasteiger partial charge in [0.15, 0.2) is 0 Å². The van der Waals surface area contributed by atoms with Crippen molar-refractivity contribution in [2.24, 2.45) is 0 Å². The Morgan fingerprint density at radius 1 is 1.40 bits per heavy atom. The first-order valence-electron chi connectivity index (χ1n) is 8.81. The van der Waals surface area contributed by atoms with E-state index in [9.17, 15) is 22.4 Å². The summed E-state index contributed by atoms with van der Waals surface area (Å²) in [5.41, 5.74) is -0.956. The van der Waals surface area contributed by atoms with Crippen molar-refractivity contribution in [3.63, 3.8) is 0 Å². The summed E-state index contributed by atoms with van der Waals surface area (Å²) < 4.78 is 55.9. The maximum atomic E-state index is 12.8. The number of benzene rings is 1. The van der Waals surface area contributed by atoms with Crippen LogP contribution in [0.1, 0.15) is 20.8 Å². The summed E-state index contributed by atoms with van der Waals surface area (Å²) in [6, 6.07) is 5.39. The largest absolute Gasteiger partial charge is 0.492 e. The van der Waals surface area contributed by atoms with Crippen LogP contribution < -0.4 is 15.0 Å². The average molecular weight is 459 g/mol. The molecule has 0 bridgehead atoms. The number of aliphatic carboxylic acids is 1. The quantitative estimate of drug-likeness (QED) is 0.515. The molecule has 1 unspecified atom stereocenters. The van der Waals surface area contributed by atoms with E-state index in [4.69, 9.17) is 31.0 Å². The Labute approximate surface area is 175 Å². The first kappa shape index (κ1) is 25.8. The minimum atomic E-state index is -5.08. The molecule has 1 aromatic carbocycles. The molecule has 170 valence electrons. The van der Waals surface area contributed by atoms with E-state index in [1.807, 2.05) is 32.9 Å². The molecule has 2 N–H and O–H groups in total. The van der Waals surface area contributed by atoms with Gasteiger partial charge in [0.1, 0.15) is 5.75 Å². The van der Waals surface area contributed by atoms with E-state index in [-0.39, 0.29) is 5.60 Å². The molecule has 1 aliphatic rings. The van der Waals surface area contributed by atoms with Crippen molar-refractivity contribution in [2.45, 2.75) is 38.2 Å². The Bertz CT molecular complexity index is 744. The zero-order chi connectivity index (χ0) is 23.1. The number of nitrogens with zero attached hydrogens (tertiary/aromatic N) is 1. The Balaban J connectivity index is 0.000000553. The number of alkyl halides is 5. The van der Waals surface area contributed by atoms with Crippen molar-refractivity contribution >= 4 is 34.9 Å². The van der Waals surface area contributed by atoms with Gasteiger partial charge in [0.05, 0.1) is 24.5 Å². The van der Waals surface area contributed by atoms with Gasteiger partial charge in [0.2, 0.25) is 0 Å². The molecule has 1 heterocycles. The fourth-order valence-corrected chi connectivity index (χ4v) is 2.56. The normalized spacial score (nSPS) is 16.7. The molecule has 1 amide bonds. The maximum Gasteiger partial charge on any atom is 0.490 e. The molecule has 0 spiro atoms. The van der Waals surface area contributed by atoms with Crippen LogP contribution in [0, 0.1) is 0 Å². The number of morpholine rings is 1. The van der Waals surface area contributed by atoms with E-state index in [0.29, 0.717) is 24.7 Å². The molecule has 1 aliphatic heterocycles. The SMILES string of the molecule is CCOc1cc(N2CCOC(C)(C)C2)ccc1NC(=O)C(F)Cl.O=C(O)C(F)(F)F. The van der Waals surface area contributed by atoms with Crippen molar-refractivity contribution in [3.05, 3.63) is 18.2 Å². The van der Waals surface area contributed by atoms with E-state index in [1.165, 1.54) is 0 Å². The van der Waals surface area contributed by atoms with Crippen LogP contribution in [0.4, 0.5) is 28.9 Å². The summed E-state index contributed by atoms with van der Waals surface area (Å²) in [6.45, 7) is 8.52. The molecule has 12 heteroatoms. The van der Waals surface area contributed by atoms with E-state index >= 15 is 0 Å². The van der Waals surface area contributed by atoms with Gasteiger partial charge in [-0.15, -0.1) is 0 Å². The van der Waals surface area contributed by atoms with Gasteiger partial charge >= 0.3 is 12.1 Å². The molecule has 0 aromatic heterocycles. The van der Waals surface area contributed by atoms with E-state index < -0.39 is 23.7 Å². The van der Waals surface area contributed by atoms with Crippen LogP contribution in [0.3, 0.4) is 0 Å². The molecule has 7 nitrogen and oxygen atoms in total. The number of halogens is 5.